The molecule has 0 atom stereocenters. The average Bonchev–Trinajstić information content (AvgIpc) is 2.71. The lowest BCUT2D eigenvalue weighted by molar-refractivity contribution is 1.14. The third kappa shape index (κ3) is 7.08. The van der Waals surface area contributed by atoms with Crippen molar-refractivity contribution in [3.05, 3.63) is 102 Å². The second kappa shape index (κ2) is 10.8. The minimum atomic E-state index is 0.982. The van der Waals surface area contributed by atoms with E-state index in [4.69, 9.17) is 4.99 Å². The van der Waals surface area contributed by atoms with Gasteiger partial charge in [-0.25, -0.2) is 9.98 Å². The molecule has 4 heteroatoms. The summed E-state index contributed by atoms with van der Waals surface area (Å²) >= 11 is 3.39. The lowest BCUT2D eigenvalue weighted by Gasteiger charge is -2.04. The van der Waals surface area contributed by atoms with Crippen LogP contribution in [-0.4, -0.2) is 15.8 Å². The van der Waals surface area contributed by atoms with Gasteiger partial charge < -0.3 is 0 Å². The summed E-state index contributed by atoms with van der Waals surface area (Å²) in [6.45, 7) is 2.09. The van der Waals surface area contributed by atoms with Crippen molar-refractivity contribution < 1.29 is 0 Å². The molecular weight excluding hydrogens is 368 g/mol. The lowest BCUT2D eigenvalue weighted by Crippen LogP contribution is -1.93. The highest BCUT2D eigenvalue weighted by molar-refractivity contribution is 8.14. The van der Waals surface area contributed by atoms with Crippen LogP contribution in [0.2, 0.25) is 0 Å². The quantitative estimate of drug-likeness (QED) is 0.255. The number of nitrogens with zero attached hydrogens (tertiary/aromatic N) is 2. The molecule has 2 nitrogen and oxygen atoms in total. The molecule has 0 saturated carbocycles. The molecule has 0 bridgehead atoms. The first-order valence-corrected chi connectivity index (χ1v) is 10.7. The predicted molar refractivity (Wildman–Crippen MR) is 120 cm³/mol. The summed E-state index contributed by atoms with van der Waals surface area (Å²) in [5, 5.41) is 4.06. The molecule has 0 aliphatic heterocycles. The monoisotopic (exact) mass is 390 g/mol. The first-order chi connectivity index (χ1) is 13.3. The maximum atomic E-state index is 4.82. The molecule has 0 aliphatic carbocycles. The van der Waals surface area contributed by atoms with E-state index in [1.54, 1.807) is 23.5 Å². The van der Waals surface area contributed by atoms with Crippen LogP contribution >= 0.6 is 23.5 Å². The van der Waals surface area contributed by atoms with Gasteiger partial charge in [0.25, 0.3) is 0 Å². The summed E-state index contributed by atoms with van der Waals surface area (Å²) in [5.41, 5.74) is 3.58. The van der Waals surface area contributed by atoms with E-state index in [9.17, 15) is 0 Å². The second-order valence-corrected chi connectivity index (χ2v) is 8.00. The molecule has 0 amide bonds. The maximum absolute atomic E-state index is 4.82. The molecule has 1 aromatic heterocycles. The Morgan fingerprint density at radius 2 is 1.74 bits per heavy atom. The largest absolute Gasteiger partial charge is 0.250 e. The van der Waals surface area contributed by atoms with Crippen molar-refractivity contribution in [1.29, 1.82) is 0 Å². The van der Waals surface area contributed by atoms with Crippen molar-refractivity contribution in [1.82, 2.24) is 4.98 Å². The molecule has 2 aromatic carbocycles. The summed E-state index contributed by atoms with van der Waals surface area (Å²) in [7, 11) is 0. The van der Waals surface area contributed by atoms with Crippen LogP contribution in [0.15, 0.2) is 100 Å². The fourth-order valence-electron chi connectivity index (χ4n) is 2.36. The van der Waals surface area contributed by atoms with Gasteiger partial charge in [0, 0.05) is 11.9 Å². The Morgan fingerprint density at radius 3 is 2.48 bits per heavy atom. The van der Waals surface area contributed by atoms with Gasteiger partial charge >= 0.3 is 0 Å². The molecule has 0 aliphatic rings. The fourth-order valence-corrected chi connectivity index (χ4v) is 3.94. The van der Waals surface area contributed by atoms with Crippen molar-refractivity contribution in [3.8, 4) is 0 Å². The van der Waals surface area contributed by atoms with Gasteiger partial charge in [0.1, 0.15) is 5.03 Å². The van der Waals surface area contributed by atoms with E-state index in [0.717, 1.165) is 27.9 Å². The van der Waals surface area contributed by atoms with Gasteiger partial charge in [-0.1, -0.05) is 65.9 Å². The molecule has 27 heavy (non-hydrogen) atoms. The zero-order valence-electron chi connectivity index (χ0n) is 15.3. The van der Waals surface area contributed by atoms with E-state index < -0.39 is 0 Å². The molecule has 0 fully saturated rings. The minimum absolute atomic E-state index is 0.982. The van der Waals surface area contributed by atoms with Crippen molar-refractivity contribution in [2.24, 2.45) is 4.99 Å². The molecular formula is C23H22N2S2. The molecule has 3 aromatic rings. The third-order valence-corrected chi connectivity index (χ3v) is 5.48. The third-order valence-electron chi connectivity index (χ3n) is 3.79. The van der Waals surface area contributed by atoms with E-state index in [1.165, 1.54) is 11.1 Å². The number of benzene rings is 2. The van der Waals surface area contributed by atoms with Crippen LogP contribution in [0.3, 0.4) is 0 Å². The first kappa shape index (κ1) is 19.5. The number of aromatic nitrogens is 1. The Kier molecular flexibility index (Phi) is 7.75. The Morgan fingerprint density at radius 1 is 0.963 bits per heavy atom. The van der Waals surface area contributed by atoms with Gasteiger partial charge in [-0.2, -0.15) is 0 Å². The van der Waals surface area contributed by atoms with Gasteiger partial charge in [0.15, 0.2) is 0 Å². The van der Waals surface area contributed by atoms with E-state index in [0.29, 0.717) is 0 Å². The number of rotatable bonds is 7. The first-order valence-electron chi connectivity index (χ1n) is 8.86. The van der Waals surface area contributed by atoms with Crippen molar-refractivity contribution >= 4 is 34.3 Å². The zero-order valence-corrected chi connectivity index (χ0v) is 16.9. The van der Waals surface area contributed by atoms with Gasteiger partial charge in [0.2, 0.25) is 0 Å². The second-order valence-electron chi connectivity index (χ2n) is 5.96. The number of hydrogen-bond donors (Lipinski definition) is 0. The summed E-state index contributed by atoms with van der Waals surface area (Å²) in [6, 6.07) is 24.8. The van der Waals surface area contributed by atoms with Crippen LogP contribution < -0.4 is 0 Å². The SMILES string of the molecule is Cc1ccc(N=C(C=CSc2ccccn2)SCCc2ccccc2)cc1. The summed E-state index contributed by atoms with van der Waals surface area (Å²) in [6.07, 6.45) is 4.92. The Labute approximate surface area is 169 Å². The molecule has 0 unspecified atom stereocenters. The van der Waals surface area contributed by atoms with Crippen LogP contribution in [-0.2, 0) is 6.42 Å². The molecule has 1 heterocycles. The van der Waals surface area contributed by atoms with Crippen LogP contribution in [0, 0.1) is 6.92 Å². The topological polar surface area (TPSA) is 25.2 Å². The highest BCUT2D eigenvalue weighted by atomic mass is 32.2. The van der Waals surface area contributed by atoms with Crippen LogP contribution in [0.25, 0.3) is 0 Å². The molecule has 0 spiro atoms. The summed E-state index contributed by atoms with van der Waals surface area (Å²) < 4.78 is 0. The highest BCUT2D eigenvalue weighted by Gasteiger charge is 2.00. The summed E-state index contributed by atoms with van der Waals surface area (Å²) in [5.74, 6) is 0.993. The fraction of sp³-hybridized carbons (Fsp3) is 0.130. The molecule has 0 N–H and O–H groups in total. The number of aliphatic imine (C=N–C) groups is 1. The number of thioether (sulfide) groups is 2. The summed E-state index contributed by atoms with van der Waals surface area (Å²) in [4.78, 5) is 9.16. The van der Waals surface area contributed by atoms with Crippen LogP contribution in [0.1, 0.15) is 11.1 Å². The van der Waals surface area contributed by atoms with Crippen molar-refractivity contribution in [2.45, 2.75) is 18.4 Å². The van der Waals surface area contributed by atoms with E-state index >= 15 is 0 Å². The Hall–Kier alpha value is -2.30. The van der Waals surface area contributed by atoms with Crippen molar-refractivity contribution in [2.75, 3.05) is 5.75 Å². The molecule has 3 rings (SSSR count). The molecule has 136 valence electrons. The van der Waals surface area contributed by atoms with Gasteiger partial charge in [-0.05, 0) is 54.7 Å². The van der Waals surface area contributed by atoms with Crippen LogP contribution in [0.5, 0.6) is 0 Å². The number of aryl methyl sites for hydroxylation is 2. The smallest absolute Gasteiger partial charge is 0.100 e. The van der Waals surface area contributed by atoms with Gasteiger partial charge in [-0.3, -0.25) is 0 Å². The van der Waals surface area contributed by atoms with E-state index in [1.807, 2.05) is 24.4 Å². The predicted octanol–water partition coefficient (Wildman–Crippen LogP) is 6.70. The minimum Gasteiger partial charge on any atom is -0.250 e. The zero-order chi connectivity index (χ0) is 18.7. The molecule has 0 saturated heterocycles. The van der Waals surface area contributed by atoms with E-state index in [-0.39, 0.29) is 0 Å². The van der Waals surface area contributed by atoms with E-state index in [2.05, 4.69) is 78.0 Å². The maximum Gasteiger partial charge on any atom is 0.100 e. The Bertz CT molecular complexity index is 873. The van der Waals surface area contributed by atoms with Crippen molar-refractivity contribution in [3.63, 3.8) is 0 Å². The lowest BCUT2D eigenvalue weighted by atomic mass is 10.2. The average molecular weight is 391 g/mol. The molecule has 0 radical (unpaired) electrons. The number of hydrogen-bond acceptors (Lipinski definition) is 4. The van der Waals surface area contributed by atoms with Crippen LogP contribution in [0.4, 0.5) is 5.69 Å². The highest BCUT2D eigenvalue weighted by Crippen LogP contribution is 2.21. The van der Waals surface area contributed by atoms with Gasteiger partial charge in [0.05, 0.1) is 10.7 Å². The van der Waals surface area contributed by atoms with Gasteiger partial charge in [-0.15, -0.1) is 11.8 Å². The number of pyridine rings is 1. The Balaban J connectivity index is 1.66. The normalized spacial score (nSPS) is 11.8. The standard InChI is InChI=1S/C23H22N2S2/c1-19-10-12-21(13-11-19)25-23(15-18-26-22-9-5-6-16-24-22)27-17-14-20-7-3-2-4-8-20/h2-13,15-16,18H,14,17H2,1H3.